The Morgan fingerprint density at radius 2 is 2.18 bits per heavy atom. The zero-order chi connectivity index (χ0) is 12.3. The molecule has 1 aromatic heterocycles. The zero-order valence-corrected chi connectivity index (χ0v) is 12.9. The molecular weight excluding hydrogens is 298 g/mol. The average Bonchev–Trinajstić information content (AvgIpc) is 2.73. The first-order chi connectivity index (χ1) is 8.16. The van der Waals surface area contributed by atoms with E-state index in [1.54, 1.807) is 0 Å². The van der Waals surface area contributed by atoms with E-state index >= 15 is 0 Å². The molecule has 1 aromatic rings. The maximum atomic E-state index is 3.54. The molecule has 0 spiro atoms. The molecule has 17 heavy (non-hydrogen) atoms. The van der Waals surface area contributed by atoms with Crippen molar-refractivity contribution in [3.8, 4) is 0 Å². The molecule has 1 saturated heterocycles. The number of hydrogen-bond donors (Lipinski definition) is 1. The van der Waals surface area contributed by atoms with Crippen molar-refractivity contribution in [2.75, 3.05) is 46.8 Å². The standard InChI is InChI=1S/C12H20BrN3S/c1-15(2)11(12-7-10(13)9-17-12)8-16-5-3-14-4-6-16/h7,9,11,14H,3-6,8H2,1-2H3. The molecule has 1 unspecified atom stereocenters. The molecule has 0 bridgehead atoms. The molecule has 2 rings (SSSR count). The molecular formula is C12H20BrN3S. The van der Waals surface area contributed by atoms with Crippen LogP contribution in [0.15, 0.2) is 15.9 Å². The minimum Gasteiger partial charge on any atom is -0.314 e. The highest BCUT2D eigenvalue weighted by molar-refractivity contribution is 9.10. The summed E-state index contributed by atoms with van der Waals surface area (Å²) in [6.07, 6.45) is 0. The third kappa shape index (κ3) is 3.76. The highest BCUT2D eigenvalue weighted by atomic mass is 79.9. The largest absolute Gasteiger partial charge is 0.314 e. The van der Waals surface area contributed by atoms with Crippen molar-refractivity contribution in [2.45, 2.75) is 6.04 Å². The lowest BCUT2D eigenvalue weighted by Crippen LogP contribution is -2.46. The molecule has 1 atom stereocenters. The van der Waals surface area contributed by atoms with Crippen LogP contribution in [0.4, 0.5) is 0 Å². The Hall–Kier alpha value is 0.0600. The van der Waals surface area contributed by atoms with E-state index in [0.29, 0.717) is 6.04 Å². The number of thiophene rings is 1. The lowest BCUT2D eigenvalue weighted by atomic mass is 10.2. The highest BCUT2D eigenvalue weighted by Gasteiger charge is 2.20. The molecule has 1 aliphatic heterocycles. The fourth-order valence-electron chi connectivity index (χ4n) is 2.15. The topological polar surface area (TPSA) is 18.5 Å². The number of rotatable bonds is 4. The van der Waals surface area contributed by atoms with Gasteiger partial charge in [-0.05, 0) is 36.1 Å². The highest BCUT2D eigenvalue weighted by Crippen LogP contribution is 2.29. The first-order valence-electron chi connectivity index (χ1n) is 6.00. The lowest BCUT2D eigenvalue weighted by molar-refractivity contribution is 0.170. The summed E-state index contributed by atoms with van der Waals surface area (Å²) < 4.78 is 1.20. The minimum atomic E-state index is 0.504. The summed E-state index contributed by atoms with van der Waals surface area (Å²) in [4.78, 5) is 6.31. The Morgan fingerprint density at radius 1 is 1.47 bits per heavy atom. The SMILES string of the molecule is CN(C)C(CN1CCNCC1)c1cc(Br)cs1. The maximum Gasteiger partial charge on any atom is 0.0564 e. The van der Waals surface area contributed by atoms with Crippen LogP contribution in [0.3, 0.4) is 0 Å². The number of nitrogens with one attached hydrogen (secondary N) is 1. The van der Waals surface area contributed by atoms with E-state index in [0.717, 1.165) is 32.7 Å². The molecule has 3 nitrogen and oxygen atoms in total. The fourth-order valence-corrected chi connectivity index (χ4v) is 3.78. The summed E-state index contributed by atoms with van der Waals surface area (Å²) in [5.41, 5.74) is 0. The average molecular weight is 318 g/mol. The van der Waals surface area contributed by atoms with Crippen LogP contribution < -0.4 is 5.32 Å². The Labute approximate surface area is 116 Å². The fraction of sp³-hybridized carbons (Fsp3) is 0.667. The van der Waals surface area contributed by atoms with Gasteiger partial charge in [-0.25, -0.2) is 0 Å². The van der Waals surface area contributed by atoms with Gasteiger partial charge in [0.05, 0.1) is 6.04 Å². The van der Waals surface area contributed by atoms with E-state index in [9.17, 15) is 0 Å². The van der Waals surface area contributed by atoms with Crippen molar-refractivity contribution in [1.82, 2.24) is 15.1 Å². The molecule has 0 radical (unpaired) electrons. The van der Waals surface area contributed by atoms with Gasteiger partial charge in [0.25, 0.3) is 0 Å². The molecule has 2 heterocycles. The summed E-state index contributed by atoms with van der Waals surface area (Å²) >= 11 is 5.39. The van der Waals surface area contributed by atoms with E-state index in [2.05, 4.69) is 56.6 Å². The number of piperazine rings is 1. The second-order valence-electron chi connectivity index (χ2n) is 4.70. The number of hydrogen-bond acceptors (Lipinski definition) is 4. The maximum absolute atomic E-state index is 3.54. The molecule has 0 amide bonds. The Bertz CT molecular complexity index is 347. The quantitative estimate of drug-likeness (QED) is 0.916. The van der Waals surface area contributed by atoms with E-state index in [1.165, 1.54) is 9.35 Å². The molecule has 0 aliphatic carbocycles. The number of likely N-dealkylation sites (N-methyl/N-ethyl adjacent to an activating group) is 1. The summed E-state index contributed by atoms with van der Waals surface area (Å²) in [7, 11) is 4.33. The third-order valence-corrected chi connectivity index (χ3v) is 4.98. The normalized spacial score (nSPS) is 19.8. The van der Waals surface area contributed by atoms with Crippen LogP contribution in [0.1, 0.15) is 10.9 Å². The smallest absolute Gasteiger partial charge is 0.0564 e. The van der Waals surface area contributed by atoms with Gasteiger partial charge in [-0.3, -0.25) is 4.90 Å². The van der Waals surface area contributed by atoms with Crippen LogP contribution in [-0.2, 0) is 0 Å². The van der Waals surface area contributed by atoms with Crippen LogP contribution in [0.25, 0.3) is 0 Å². The second kappa shape index (κ2) is 6.29. The first-order valence-corrected chi connectivity index (χ1v) is 7.67. The van der Waals surface area contributed by atoms with Crippen molar-refractivity contribution >= 4 is 27.3 Å². The minimum absolute atomic E-state index is 0.504. The predicted octanol–water partition coefficient (Wildman–Crippen LogP) is 2.02. The molecule has 0 aromatic carbocycles. The van der Waals surface area contributed by atoms with Crippen molar-refractivity contribution in [1.29, 1.82) is 0 Å². The number of nitrogens with zero attached hydrogens (tertiary/aromatic N) is 2. The van der Waals surface area contributed by atoms with Gasteiger partial charge in [0.1, 0.15) is 0 Å². The molecule has 1 aliphatic rings. The van der Waals surface area contributed by atoms with Gasteiger partial charge < -0.3 is 10.2 Å². The van der Waals surface area contributed by atoms with E-state index < -0.39 is 0 Å². The molecule has 0 saturated carbocycles. The van der Waals surface area contributed by atoms with Crippen LogP contribution in [0.2, 0.25) is 0 Å². The Kier molecular flexibility index (Phi) is 4.99. The van der Waals surface area contributed by atoms with E-state index in [4.69, 9.17) is 0 Å². The summed E-state index contributed by atoms with van der Waals surface area (Å²) in [5, 5.41) is 5.57. The monoisotopic (exact) mass is 317 g/mol. The molecule has 96 valence electrons. The summed E-state index contributed by atoms with van der Waals surface area (Å²) in [6, 6.07) is 2.75. The third-order valence-electron chi connectivity index (χ3n) is 3.18. The van der Waals surface area contributed by atoms with Gasteiger partial charge in [-0.2, -0.15) is 0 Å². The van der Waals surface area contributed by atoms with Gasteiger partial charge in [-0.1, -0.05) is 0 Å². The first kappa shape index (κ1) is 13.5. The molecule has 1 fully saturated rings. The molecule has 1 N–H and O–H groups in total. The van der Waals surface area contributed by atoms with Crippen LogP contribution in [0, 0.1) is 0 Å². The van der Waals surface area contributed by atoms with Crippen LogP contribution in [-0.4, -0.2) is 56.6 Å². The van der Waals surface area contributed by atoms with Gasteiger partial charge >= 0.3 is 0 Å². The Morgan fingerprint density at radius 3 is 2.71 bits per heavy atom. The second-order valence-corrected chi connectivity index (χ2v) is 6.56. The van der Waals surface area contributed by atoms with E-state index in [1.807, 2.05) is 11.3 Å². The predicted molar refractivity (Wildman–Crippen MR) is 77.8 cm³/mol. The van der Waals surface area contributed by atoms with Gasteiger partial charge in [0.2, 0.25) is 0 Å². The number of halogens is 1. The van der Waals surface area contributed by atoms with Crippen LogP contribution in [0.5, 0.6) is 0 Å². The van der Waals surface area contributed by atoms with E-state index in [-0.39, 0.29) is 0 Å². The van der Waals surface area contributed by atoms with Crippen molar-refractivity contribution in [2.24, 2.45) is 0 Å². The lowest BCUT2D eigenvalue weighted by Gasteiger charge is -2.33. The van der Waals surface area contributed by atoms with Gasteiger partial charge in [-0.15, -0.1) is 11.3 Å². The van der Waals surface area contributed by atoms with Crippen molar-refractivity contribution in [3.63, 3.8) is 0 Å². The van der Waals surface area contributed by atoms with Crippen LogP contribution >= 0.6 is 27.3 Å². The zero-order valence-electron chi connectivity index (χ0n) is 10.4. The summed E-state index contributed by atoms with van der Waals surface area (Å²) in [5.74, 6) is 0. The molecule has 5 heteroatoms. The van der Waals surface area contributed by atoms with Crippen molar-refractivity contribution in [3.05, 3.63) is 20.8 Å². The summed E-state index contributed by atoms with van der Waals surface area (Å²) in [6.45, 7) is 5.69. The van der Waals surface area contributed by atoms with Crippen molar-refractivity contribution < 1.29 is 0 Å². The van der Waals surface area contributed by atoms with Gasteiger partial charge in [0.15, 0.2) is 0 Å². The Balaban J connectivity index is 2.01. The van der Waals surface area contributed by atoms with Gasteiger partial charge in [0, 0.05) is 47.5 Å².